The van der Waals surface area contributed by atoms with Crippen LogP contribution in [0.5, 0.6) is 0 Å². The van der Waals surface area contributed by atoms with Crippen molar-refractivity contribution in [2.75, 3.05) is 7.05 Å². The topological polar surface area (TPSA) is 81.5 Å². The van der Waals surface area contributed by atoms with Gasteiger partial charge in [0, 0.05) is 19.0 Å². The van der Waals surface area contributed by atoms with Crippen LogP contribution in [0.15, 0.2) is 4.99 Å². The second-order valence-electron chi connectivity index (χ2n) is 2.96. The number of nitrogens with two attached hydrogens (primary N) is 2. The lowest BCUT2D eigenvalue weighted by atomic mass is 10.0. The van der Waals surface area contributed by atoms with Crippen LogP contribution in [-0.2, 0) is 4.79 Å². The van der Waals surface area contributed by atoms with Crippen molar-refractivity contribution in [3.05, 3.63) is 0 Å². The van der Waals surface area contributed by atoms with Gasteiger partial charge >= 0.3 is 0 Å². The molecule has 0 aromatic carbocycles. The van der Waals surface area contributed by atoms with Gasteiger partial charge in [-0.25, -0.2) is 0 Å². The monoisotopic (exact) mass is 203 g/mol. The molecule has 0 aromatic heterocycles. The minimum Gasteiger partial charge on any atom is -0.387 e. The summed E-state index contributed by atoms with van der Waals surface area (Å²) < 4.78 is 0. The van der Waals surface area contributed by atoms with E-state index in [4.69, 9.17) is 16.3 Å². The zero-order valence-corrected chi connectivity index (χ0v) is 8.71. The third-order valence-corrected chi connectivity index (χ3v) is 2.21. The molecule has 0 saturated heterocycles. The number of rotatable bonds is 1. The summed E-state index contributed by atoms with van der Waals surface area (Å²) in [5.74, 6) is 1.08. The molecule has 2 unspecified atom stereocenters. The molecule has 0 aliphatic heterocycles. The Kier molecular flexibility index (Phi) is 6.62. The molecular formula is C8H17N3OS. The van der Waals surface area contributed by atoms with E-state index in [1.807, 2.05) is 0 Å². The Balaban J connectivity index is 0.000000424. The van der Waals surface area contributed by atoms with Gasteiger partial charge in [0.05, 0.1) is 5.84 Å². The Hall–Kier alpha value is -0.550. The Labute approximate surface area is 84.2 Å². The number of carbonyl (C=O) groups excluding carboxylic acids is 1. The van der Waals surface area contributed by atoms with Gasteiger partial charge in [0.15, 0.2) is 5.62 Å². The fourth-order valence-electron chi connectivity index (χ4n) is 1.52. The van der Waals surface area contributed by atoms with E-state index in [1.54, 1.807) is 7.05 Å². The van der Waals surface area contributed by atoms with Crippen LogP contribution in [0.4, 0.5) is 0 Å². The van der Waals surface area contributed by atoms with E-state index in [9.17, 15) is 0 Å². The summed E-state index contributed by atoms with van der Waals surface area (Å²) in [7, 11) is 1.72. The van der Waals surface area contributed by atoms with Crippen LogP contribution in [-0.4, -0.2) is 24.5 Å². The Morgan fingerprint density at radius 3 is 2.46 bits per heavy atom. The van der Waals surface area contributed by atoms with Crippen molar-refractivity contribution in [2.24, 2.45) is 22.4 Å². The molecule has 2 atom stereocenters. The second kappa shape index (κ2) is 6.91. The van der Waals surface area contributed by atoms with Crippen LogP contribution in [0.25, 0.3) is 0 Å². The molecule has 5 heteroatoms. The number of hydrogen-bond donors (Lipinski definition) is 3. The van der Waals surface area contributed by atoms with Crippen molar-refractivity contribution in [1.82, 2.24) is 0 Å². The van der Waals surface area contributed by atoms with Crippen molar-refractivity contribution in [3.63, 3.8) is 0 Å². The lowest BCUT2D eigenvalue weighted by molar-refractivity contribution is 0.570. The first kappa shape index (κ1) is 12.4. The Morgan fingerprint density at radius 1 is 1.62 bits per heavy atom. The van der Waals surface area contributed by atoms with Gasteiger partial charge in [-0.1, -0.05) is 6.42 Å². The molecule has 13 heavy (non-hydrogen) atoms. The Morgan fingerprint density at radius 2 is 2.15 bits per heavy atom. The summed E-state index contributed by atoms with van der Waals surface area (Å²) in [4.78, 5) is 12.6. The van der Waals surface area contributed by atoms with Crippen molar-refractivity contribution < 1.29 is 4.79 Å². The molecule has 0 bridgehead atoms. The summed E-state index contributed by atoms with van der Waals surface area (Å²) in [6.07, 6.45) is 3.41. The third kappa shape index (κ3) is 4.28. The minimum absolute atomic E-state index is 0.253. The predicted molar refractivity (Wildman–Crippen MR) is 58.6 cm³/mol. The smallest absolute Gasteiger partial charge is 0.173 e. The lowest BCUT2D eigenvalue weighted by Gasteiger charge is -2.13. The molecule has 0 spiro atoms. The molecular weight excluding hydrogens is 186 g/mol. The highest BCUT2D eigenvalue weighted by Gasteiger charge is 2.26. The number of thiol groups is 1. The van der Waals surface area contributed by atoms with Gasteiger partial charge in [0.25, 0.3) is 0 Å². The molecule has 4 N–H and O–H groups in total. The fourth-order valence-corrected chi connectivity index (χ4v) is 1.52. The number of aliphatic imine (C=N–C) groups is 1. The van der Waals surface area contributed by atoms with E-state index in [0.29, 0.717) is 11.5 Å². The standard InChI is InChI=1S/C7H15N3.CH2OS/c1-10-7(9)5-3-2-4-6(5)8;2-1-3/h5-6H,2-4,8H2,1H3,(H2,9,10);1H,(H,2,3). The third-order valence-electron chi connectivity index (χ3n) is 2.21. The van der Waals surface area contributed by atoms with Crippen molar-refractivity contribution >= 4 is 24.1 Å². The van der Waals surface area contributed by atoms with Gasteiger partial charge in [0.2, 0.25) is 0 Å². The number of nitrogens with zero attached hydrogens (tertiary/aromatic N) is 1. The van der Waals surface area contributed by atoms with Gasteiger partial charge in [-0.05, 0) is 12.8 Å². The maximum absolute atomic E-state index is 8.67. The average molecular weight is 203 g/mol. The van der Waals surface area contributed by atoms with E-state index >= 15 is 0 Å². The summed E-state index contributed by atoms with van der Waals surface area (Å²) in [5, 5.41) is 0. The van der Waals surface area contributed by atoms with Gasteiger partial charge in [-0.2, -0.15) is 0 Å². The summed E-state index contributed by atoms with van der Waals surface area (Å²) in [5.41, 5.74) is 11.9. The van der Waals surface area contributed by atoms with Crippen LogP contribution < -0.4 is 11.5 Å². The van der Waals surface area contributed by atoms with Gasteiger partial charge in [0.1, 0.15) is 0 Å². The zero-order chi connectivity index (χ0) is 10.3. The summed E-state index contributed by atoms with van der Waals surface area (Å²) >= 11 is 3.11. The minimum atomic E-state index is 0.253. The van der Waals surface area contributed by atoms with Gasteiger partial charge in [-0.3, -0.25) is 9.79 Å². The maximum Gasteiger partial charge on any atom is 0.173 e. The number of carbonyl (C=O) groups is 1. The van der Waals surface area contributed by atoms with E-state index in [-0.39, 0.29) is 6.04 Å². The van der Waals surface area contributed by atoms with Crippen LogP contribution >= 0.6 is 12.6 Å². The van der Waals surface area contributed by atoms with E-state index < -0.39 is 0 Å². The molecule has 0 heterocycles. The van der Waals surface area contributed by atoms with Crippen LogP contribution in [0, 0.1) is 5.92 Å². The molecule has 1 saturated carbocycles. The molecule has 1 aliphatic carbocycles. The van der Waals surface area contributed by atoms with E-state index in [1.165, 1.54) is 6.42 Å². The molecule has 4 nitrogen and oxygen atoms in total. The highest BCUT2D eigenvalue weighted by atomic mass is 32.1. The number of hydrogen-bond acceptors (Lipinski definition) is 3. The molecule has 1 rings (SSSR count). The van der Waals surface area contributed by atoms with Gasteiger partial charge < -0.3 is 11.5 Å². The normalized spacial score (nSPS) is 27.8. The summed E-state index contributed by atoms with van der Waals surface area (Å²) in [6.45, 7) is 0. The molecule has 0 radical (unpaired) electrons. The SMILES string of the molecule is CN=C(N)C1CCCC1N.O=CS. The molecule has 1 fully saturated rings. The first-order valence-electron chi connectivity index (χ1n) is 4.23. The van der Waals surface area contributed by atoms with E-state index in [2.05, 4.69) is 17.6 Å². The zero-order valence-electron chi connectivity index (χ0n) is 7.81. The van der Waals surface area contributed by atoms with Crippen molar-refractivity contribution in [3.8, 4) is 0 Å². The molecule has 1 aliphatic rings. The Bertz CT molecular complexity index is 184. The fraction of sp³-hybridized carbons (Fsp3) is 0.750. The molecule has 76 valence electrons. The second-order valence-corrected chi connectivity index (χ2v) is 3.17. The highest BCUT2D eigenvalue weighted by Crippen LogP contribution is 2.23. The van der Waals surface area contributed by atoms with Crippen LogP contribution in [0.1, 0.15) is 19.3 Å². The lowest BCUT2D eigenvalue weighted by Crippen LogP contribution is -2.35. The van der Waals surface area contributed by atoms with Crippen LogP contribution in [0.3, 0.4) is 0 Å². The van der Waals surface area contributed by atoms with Gasteiger partial charge in [-0.15, -0.1) is 12.6 Å². The molecule has 0 aromatic rings. The maximum atomic E-state index is 8.67. The quantitative estimate of drug-likeness (QED) is 0.246. The van der Waals surface area contributed by atoms with Crippen molar-refractivity contribution in [2.45, 2.75) is 25.3 Å². The van der Waals surface area contributed by atoms with Crippen molar-refractivity contribution in [1.29, 1.82) is 0 Å². The van der Waals surface area contributed by atoms with Crippen LogP contribution in [0.2, 0.25) is 0 Å². The largest absolute Gasteiger partial charge is 0.387 e. The summed E-state index contributed by atoms with van der Waals surface area (Å²) in [6, 6.07) is 0.253. The highest BCUT2D eigenvalue weighted by molar-refractivity contribution is 7.94. The predicted octanol–water partition coefficient (Wildman–Crippen LogP) is 0.207. The molecule has 0 amide bonds. The first-order chi connectivity index (χ1) is 6.17. The van der Waals surface area contributed by atoms with E-state index in [0.717, 1.165) is 18.7 Å². The first-order valence-corrected chi connectivity index (χ1v) is 4.74. The number of amidine groups is 1. The average Bonchev–Trinajstić information content (AvgIpc) is 2.52.